The second kappa shape index (κ2) is 6.07. The van der Waals surface area contributed by atoms with Crippen molar-refractivity contribution in [2.24, 2.45) is 0 Å². The fourth-order valence-electron chi connectivity index (χ4n) is 2.29. The molecule has 0 radical (unpaired) electrons. The number of carbonyl (C=O) groups is 1. The molecule has 1 atom stereocenters. The van der Waals surface area contributed by atoms with Gasteiger partial charge in [0.05, 0.1) is 12.1 Å². The Morgan fingerprint density at radius 2 is 2.12 bits per heavy atom. The lowest BCUT2D eigenvalue weighted by Crippen LogP contribution is -2.34. The summed E-state index contributed by atoms with van der Waals surface area (Å²) in [5.74, 6) is -2.76. The average molecular weight is 355 g/mol. The predicted octanol–water partition coefficient (Wildman–Crippen LogP) is 1.61. The fraction of sp³-hybridized carbons (Fsp3) is 0.286. The summed E-state index contributed by atoms with van der Waals surface area (Å²) in [6, 6.07) is 5.65. The number of fused-ring (bicyclic) bond motifs is 1. The molecule has 0 bridgehead atoms. The smallest absolute Gasteiger partial charge is 0.408 e. The van der Waals surface area contributed by atoms with Crippen LogP contribution in [0, 0.1) is 0 Å². The molecule has 0 unspecified atom stereocenters. The third kappa shape index (κ3) is 3.25. The Hall–Kier alpha value is -3.11. The molecule has 0 fully saturated rings. The third-order valence-corrected chi connectivity index (χ3v) is 3.50. The maximum absolute atomic E-state index is 12.4. The Morgan fingerprint density at radius 1 is 1.40 bits per heavy atom. The van der Waals surface area contributed by atoms with Crippen molar-refractivity contribution < 1.29 is 22.4 Å². The van der Waals surface area contributed by atoms with Gasteiger partial charge >= 0.3 is 11.9 Å². The molecule has 0 aliphatic heterocycles. The van der Waals surface area contributed by atoms with Gasteiger partial charge in [0, 0.05) is 0 Å². The minimum absolute atomic E-state index is 0.155. The Morgan fingerprint density at radius 3 is 2.80 bits per heavy atom. The molecule has 3 rings (SSSR count). The van der Waals surface area contributed by atoms with Gasteiger partial charge in [-0.25, -0.2) is 9.78 Å². The zero-order chi connectivity index (χ0) is 18.2. The van der Waals surface area contributed by atoms with Crippen LogP contribution in [0.5, 0.6) is 0 Å². The monoisotopic (exact) mass is 355 g/mol. The Kier molecular flexibility index (Phi) is 4.07. The van der Waals surface area contributed by atoms with Crippen LogP contribution >= 0.6 is 0 Å². The van der Waals surface area contributed by atoms with Crippen LogP contribution in [0.25, 0.3) is 11.1 Å². The van der Waals surface area contributed by atoms with E-state index in [9.17, 15) is 22.8 Å². The van der Waals surface area contributed by atoms with Gasteiger partial charge in [-0.2, -0.15) is 13.2 Å². The first-order chi connectivity index (χ1) is 11.8. The highest BCUT2D eigenvalue weighted by Crippen LogP contribution is 2.25. The Balaban J connectivity index is 1.74. The SMILES string of the molecule is C[C@@H](C(=O)NCc1nc(C(F)(F)F)n[nH]1)n1c(=O)oc2ccccc21. The van der Waals surface area contributed by atoms with E-state index in [2.05, 4.69) is 20.5 Å². The van der Waals surface area contributed by atoms with Crippen molar-refractivity contribution >= 4 is 17.0 Å². The van der Waals surface area contributed by atoms with E-state index >= 15 is 0 Å². The molecule has 0 saturated carbocycles. The maximum Gasteiger partial charge on any atom is 0.453 e. The van der Waals surface area contributed by atoms with Gasteiger partial charge in [-0.3, -0.25) is 14.5 Å². The number of nitrogens with zero attached hydrogens (tertiary/aromatic N) is 3. The van der Waals surface area contributed by atoms with Crippen molar-refractivity contribution in [1.29, 1.82) is 0 Å². The number of oxazole rings is 1. The number of halogens is 3. The molecule has 2 heterocycles. The molecule has 2 aromatic heterocycles. The van der Waals surface area contributed by atoms with Crippen molar-refractivity contribution in [3.8, 4) is 0 Å². The van der Waals surface area contributed by atoms with E-state index in [0.717, 1.165) is 4.57 Å². The van der Waals surface area contributed by atoms with Gasteiger partial charge in [-0.05, 0) is 19.1 Å². The lowest BCUT2D eigenvalue weighted by atomic mass is 10.2. The first kappa shape index (κ1) is 16.7. The number of nitrogens with one attached hydrogen (secondary N) is 2. The summed E-state index contributed by atoms with van der Waals surface area (Å²) in [5, 5.41) is 7.53. The highest BCUT2D eigenvalue weighted by atomic mass is 19.4. The van der Waals surface area contributed by atoms with Gasteiger partial charge in [0.1, 0.15) is 11.9 Å². The maximum atomic E-state index is 12.4. The number of hydrogen-bond acceptors (Lipinski definition) is 5. The second-order valence-corrected chi connectivity index (χ2v) is 5.20. The number of para-hydroxylation sites is 2. The Bertz CT molecular complexity index is 972. The molecule has 0 spiro atoms. The van der Waals surface area contributed by atoms with E-state index in [1.165, 1.54) is 6.92 Å². The number of amides is 1. The van der Waals surface area contributed by atoms with E-state index in [1.807, 2.05) is 0 Å². The van der Waals surface area contributed by atoms with Gasteiger partial charge in [-0.15, -0.1) is 5.10 Å². The number of rotatable bonds is 4. The number of benzene rings is 1. The van der Waals surface area contributed by atoms with E-state index < -0.39 is 29.7 Å². The van der Waals surface area contributed by atoms with E-state index in [4.69, 9.17) is 4.42 Å². The zero-order valence-electron chi connectivity index (χ0n) is 12.8. The first-order valence-corrected chi connectivity index (χ1v) is 7.13. The minimum Gasteiger partial charge on any atom is -0.408 e. The second-order valence-electron chi connectivity index (χ2n) is 5.20. The molecular formula is C14H12F3N5O3. The molecule has 2 N–H and O–H groups in total. The van der Waals surface area contributed by atoms with Gasteiger partial charge in [0.25, 0.3) is 5.82 Å². The number of hydrogen-bond donors (Lipinski definition) is 2. The number of aromatic amines is 1. The molecule has 0 aliphatic rings. The third-order valence-electron chi connectivity index (χ3n) is 3.50. The van der Waals surface area contributed by atoms with Crippen LogP contribution in [0.3, 0.4) is 0 Å². The van der Waals surface area contributed by atoms with Gasteiger partial charge in [0.2, 0.25) is 5.91 Å². The van der Waals surface area contributed by atoms with Crippen molar-refractivity contribution in [2.75, 3.05) is 0 Å². The molecule has 25 heavy (non-hydrogen) atoms. The Labute approximate surface area is 137 Å². The molecule has 8 nitrogen and oxygen atoms in total. The molecular weight excluding hydrogens is 343 g/mol. The molecule has 3 aromatic rings. The number of H-pyrrole nitrogens is 1. The van der Waals surface area contributed by atoms with E-state index in [0.29, 0.717) is 11.1 Å². The quantitative estimate of drug-likeness (QED) is 0.740. The molecule has 132 valence electrons. The van der Waals surface area contributed by atoms with E-state index in [1.54, 1.807) is 24.3 Å². The van der Waals surface area contributed by atoms with Gasteiger partial charge < -0.3 is 9.73 Å². The molecule has 0 aliphatic carbocycles. The van der Waals surface area contributed by atoms with Crippen molar-refractivity contribution in [3.05, 3.63) is 46.5 Å². The van der Waals surface area contributed by atoms with Crippen LogP contribution in [0.4, 0.5) is 13.2 Å². The normalized spacial score (nSPS) is 13.1. The van der Waals surface area contributed by atoms with Crippen LogP contribution in [0.15, 0.2) is 33.5 Å². The minimum atomic E-state index is -4.67. The largest absolute Gasteiger partial charge is 0.453 e. The predicted molar refractivity (Wildman–Crippen MR) is 78.4 cm³/mol. The first-order valence-electron chi connectivity index (χ1n) is 7.13. The molecule has 0 saturated heterocycles. The summed E-state index contributed by atoms with van der Waals surface area (Å²) in [6.45, 7) is 1.18. The standard InChI is InChI=1S/C14H12F3N5O3/c1-7(22-8-4-2-3-5-9(8)25-13(22)24)11(23)18-6-10-19-12(21-20-10)14(15,16)17/h2-5,7H,6H2,1H3,(H,18,23)(H,19,20,21)/t7-/m0/s1. The van der Waals surface area contributed by atoms with Crippen LogP contribution in [-0.4, -0.2) is 25.7 Å². The average Bonchev–Trinajstić information content (AvgIpc) is 3.15. The highest BCUT2D eigenvalue weighted by molar-refractivity contribution is 5.82. The van der Waals surface area contributed by atoms with Gasteiger partial charge in [-0.1, -0.05) is 12.1 Å². The van der Waals surface area contributed by atoms with Crippen LogP contribution < -0.4 is 11.1 Å². The van der Waals surface area contributed by atoms with Gasteiger partial charge in [0.15, 0.2) is 5.58 Å². The molecule has 1 amide bonds. The fourth-order valence-corrected chi connectivity index (χ4v) is 2.29. The summed E-state index contributed by atoms with van der Waals surface area (Å²) < 4.78 is 43.5. The van der Waals surface area contributed by atoms with Crippen LogP contribution in [0.2, 0.25) is 0 Å². The number of alkyl halides is 3. The van der Waals surface area contributed by atoms with E-state index in [-0.39, 0.29) is 12.4 Å². The van der Waals surface area contributed by atoms with Crippen molar-refractivity contribution in [1.82, 2.24) is 25.1 Å². The summed E-state index contributed by atoms with van der Waals surface area (Å²) >= 11 is 0. The zero-order valence-corrected chi connectivity index (χ0v) is 12.8. The summed E-state index contributed by atoms with van der Waals surface area (Å²) in [5.41, 5.74) is 0.770. The topological polar surface area (TPSA) is 106 Å². The number of carbonyl (C=O) groups excluding carboxylic acids is 1. The summed E-state index contributed by atoms with van der Waals surface area (Å²) in [7, 11) is 0. The van der Waals surface area contributed by atoms with Crippen molar-refractivity contribution in [2.45, 2.75) is 25.7 Å². The molecule has 1 aromatic carbocycles. The number of aromatic nitrogens is 4. The molecule has 11 heteroatoms. The lowest BCUT2D eigenvalue weighted by Gasteiger charge is -2.12. The van der Waals surface area contributed by atoms with Crippen LogP contribution in [0.1, 0.15) is 24.6 Å². The van der Waals surface area contributed by atoms with Crippen LogP contribution in [-0.2, 0) is 17.5 Å². The highest BCUT2D eigenvalue weighted by Gasteiger charge is 2.36. The van der Waals surface area contributed by atoms with Crippen molar-refractivity contribution in [3.63, 3.8) is 0 Å². The lowest BCUT2D eigenvalue weighted by molar-refractivity contribution is -0.144. The summed E-state index contributed by atoms with van der Waals surface area (Å²) in [4.78, 5) is 27.4. The summed E-state index contributed by atoms with van der Waals surface area (Å²) in [6.07, 6.45) is -4.67.